The van der Waals surface area contributed by atoms with Crippen LogP contribution in [0.4, 0.5) is 36.3 Å². The van der Waals surface area contributed by atoms with Crippen molar-refractivity contribution in [2.75, 3.05) is 42.8 Å². The molecule has 0 radical (unpaired) electrons. The first-order valence-electron chi connectivity index (χ1n) is 10.3. The van der Waals surface area contributed by atoms with Crippen molar-refractivity contribution in [3.05, 3.63) is 47.2 Å². The first kappa shape index (κ1) is 25.9. The van der Waals surface area contributed by atoms with Gasteiger partial charge in [0.25, 0.3) is 0 Å². The minimum absolute atomic E-state index is 0.0739. The standard InChI is InChI=1S/C21H24F3N7O3S/c1-5-12(19(25-2)31(3)35(4,33)34)10-26-18-15(21(22,23)24)11-27-20(30-18)28-14-6-7-16-13(8-14)9-17(32)29-16/h5-8,11H,9-10H2,1-4H3,(H,29,32)(H2,26,27,28,30)/b12-5-,25-19?. The van der Waals surface area contributed by atoms with E-state index >= 15 is 0 Å². The zero-order valence-electron chi connectivity index (χ0n) is 19.4. The number of likely N-dealkylation sites (N-methyl/N-ethyl adjacent to an activating group) is 1. The van der Waals surface area contributed by atoms with E-state index in [2.05, 4.69) is 30.9 Å². The third-order valence-corrected chi connectivity index (χ3v) is 6.34. The van der Waals surface area contributed by atoms with Crippen molar-refractivity contribution in [2.45, 2.75) is 19.5 Å². The van der Waals surface area contributed by atoms with E-state index in [0.717, 1.165) is 16.1 Å². The maximum absolute atomic E-state index is 13.6. The number of allylic oxidation sites excluding steroid dienone is 1. The molecule has 10 nitrogen and oxygen atoms in total. The van der Waals surface area contributed by atoms with Gasteiger partial charge in [-0.05, 0) is 30.7 Å². The molecule has 1 aromatic heterocycles. The molecule has 0 aliphatic carbocycles. The van der Waals surface area contributed by atoms with Crippen molar-refractivity contribution in [1.29, 1.82) is 0 Å². The Kier molecular flexibility index (Phi) is 7.33. The molecule has 35 heavy (non-hydrogen) atoms. The highest BCUT2D eigenvalue weighted by molar-refractivity contribution is 7.88. The predicted molar refractivity (Wildman–Crippen MR) is 127 cm³/mol. The summed E-state index contributed by atoms with van der Waals surface area (Å²) >= 11 is 0. The average molecular weight is 512 g/mol. The summed E-state index contributed by atoms with van der Waals surface area (Å²) in [5, 5.41) is 8.17. The number of aromatic nitrogens is 2. The van der Waals surface area contributed by atoms with Gasteiger partial charge >= 0.3 is 6.18 Å². The Balaban J connectivity index is 1.87. The molecule has 14 heteroatoms. The third-order valence-electron chi connectivity index (χ3n) is 5.17. The molecule has 1 amide bonds. The Morgan fingerprint density at radius 1 is 1.34 bits per heavy atom. The second-order valence-corrected chi connectivity index (χ2v) is 9.63. The second-order valence-electron chi connectivity index (χ2n) is 7.62. The lowest BCUT2D eigenvalue weighted by Gasteiger charge is -2.22. The summed E-state index contributed by atoms with van der Waals surface area (Å²) in [5.41, 5.74) is 1.16. The Morgan fingerprint density at radius 2 is 2.06 bits per heavy atom. The molecule has 1 aliphatic rings. The molecule has 2 aromatic rings. The lowest BCUT2D eigenvalue weighted by molar-refractivity contribution is -0.137. The molecule has 0 saturated carbocycles. The van der Waals surface area contributed by atoms with Crippen molar-refractivity contribution < 1.29 is 26.4 Å². The number of fused-ring (bicyclic) bond motifs is 1. The van der Waals surface area contributed by atoms with E-state index in [0.29, 0.717) is 23.1 Å². The number of carbonyl (C=O) groups excluding carboxylic acids is 1. The SMILES string of the molecule is C/C=C(/CNc1nc(Nc2ccc3c(c2)CC(=O)N3)ncc1C(F)(F)F)C(=NC)N(C)S(C)(=O)=O. The summed E-state index contributed by atoms with van der Waals surface area (Å²) in [6, 6.07) is 5.00. The third kappa shape index (κ3) is 6.07. The maximum atomic E-state index is 13.6. The van der Waals surface area contributed by atoms with Crippen molar-refractivity contribution in [3.63, 3.8) is 0 Å². The molecule has 0 bridgehead atoms. The summed E-state index contributed by atoms with van der Waals surface area (Å²) in [7, 11) is -0.957. The van der Waals surface area contributed by atoms with Crippen LogP contribution in [0, 0.1) is 0 Å². The predicted octanol–water partition coefficient (Wildman–Crippen LogP) is 3.01. The van der Waals surface area contributed by atoms with E-state index in [9.17, 15) is 26.4 Å². The number of nitrogens with zero attached hydrogens (tertiary/aromatic N) is 4. The lowest BCUT2D eigenvalue weighted by Crippen LogP contribution is -2.35. The van der Waals surface area contributed by atoms with Gasteiger partial charge in [0.2, 0.25) is 21.9 Å². The molecular weight excluding hydrogens is 487 g/mol. The van der Waals surface area contributed by atoms with Gasteiger partial charge in [-0.3, -0.25) is 14.1 Å². The van der Waals surface area contributed by atoms with Crippen molar-refractivity contribution >= 4 is 44.9 Å². The quantitative estimate of drug-likeness (QED) is 0.385. The Morgan fingerprint density at radius 3 is 2.66 bits per heavy atom. The highest BCUT2D eigenvalue weighted by Gasteiger charge is 2.35. The van der Waals surface area contributed by atoms with Gasteiger partial charge in [-0.15, -0.1) is 0 Å². The summed E-state index contributed by atoms with van der Waals surface area (Å²) in [5.74, 6) is -0.669. The van der Waals surface area contributed by atoms with Gasteiger partial charge < -0.3 is 16.0 Å². The Hall–Kier alpha value is -3.68. The topological polar surface area (TPSA) is 129 Å². The summed E-state index contributed by atoms with van der Waals surface area (Å²) in [6.45, 7) is 1.43. The van der Waals surface area contributed by atoms with Gasteiger partial charge in [-0.2, -0.15) is 18.2 Å². The van der Waals surface area contributed by atoms with Gasteiger partial charge in [0, 0.05) is 43.8 Å². The number of anilines is 4. The average Bonchev–Trinajstić information content (AvgIpc) is 3.14. The zero-order chi connectivity index (χ0) is 26.0. The molecule has 3 rings (SSSR count). The van der Waals surface area contributed by atoms with Gasteiger partial charge in [-0.1, -0.05) is 6.08 Å². The molecule has 1 aliphatic heterocycles. The highest BCUT2D eigenvalue weighted by Crippen LogP contribution is 2.34. The van der Waals surface area contributed by atoms with Crippen molar-refractivity contribution in [1.82, 2.24) is 14.3 Å². The number of carbonyl (C=O) groups is 1. The van der Waals surface area contributed by atoms with E-state index in [1.54, 1.807) is 31.2 Å². The summed E-state index contributed by atoms with van der Waals surface area (Å²) in [4.78, 5) is 23.3. The Labute approximate surface area is 200 Å². The number of alkyl halides is 3. The molecule has 1 aromatic carbocycles. The van der Waals surface area contributed by atoms with Gasteiger partial charge in [0.15, 0.2) is 0 Å². The normalized spacial score (nSPS) is 14.4. The maximum Gasteiger partial charge on any atom is 0.421 e. The monoisotopic (exact) mass is 511 g/mol. The molecule has 0 atom stereocenters. The van der Waals surface area contributed by atoms with E-state index in [1.807, 2.05) is 0 Å². The fraction of sp³-hybridized carbons (Fsp3) is 0.333. The molecule has 0 spiro atoms. The summed E-state index contributed by atoms with van der Waals surface area (Å²) < 4.78 is 65.6. The van der Waals surface area contributed by atoms with Crippen molar-refractivity contribution in [3.8, 4) is 0 Å². The van der Waals surface area contributed by atoms with Crippen LogP contribution >= 0.6 is 0 Å². The molecular formula is C21H24F3N7O3S. The minimum Gasteiger partial charge on any atom is -0.365 e. The van der Waals surface area contributed by atoms with Crippen molar-refractivity contribution in [2.24, 2.45) is 4.99 Å². The van der Waals surface area contributed by atoms with Crippen LogP contribution in [0.5, 0.6) is 0 Å². The number of hydrogen-bond donors (Lipinski definition) is 3. The molecule has 2 heterocycles. The van der Waals surface area contributed by atoms with E-state index < -0.39 is 27.6 Å². The van der Waals surface area contributed by atoms with Gasteiger partial charge in [0.05, 0.1) is 12.7 Å². The molecule has 3 N–H and O–H groups in total. The second kappa shape index (κ2) is 9.90. The number of aliphatic imine (C=N–C) groups is 1. The van der Waals surface area contributed by atoms with E-state index in [1.165, 1.54) is 14.1 Å². The number of nitrogens with one attached hydrogen (secondary N) is 3. The first-order chi connectivity index (χ1) is 16.3. The molecule has 0 saturated heterocycles. The van der Waals surface area contributed by atoms with Gasteiger partial charge in [0.1, 0.15) is 17.2 Å². The van der Waals surface area contributed by atoms with Crippen LogP contribution in [0.1, 0.15) is 18.1 Å². The lowest BCUT2D eigenvalue weighted by atomic mass is 10.1. The molecule has 0 fully saturated rings. The number of hydrogen-bond acceptors (Lipinski definition) is 8. The minimum atomic E-state index is -4.73. The van der Waals surface area contributed by atoms with Crippen LogP contribution < -0.4 is 16.0 Å². The number of halogens is 3. The number of amides is 1. The number of benzene rings is 1. The van der Waals surface area contributed by atoms with Crippen LogP contribution in [0.25, 0.3) is 0 Å². The van der Waals surface area contributed by atoms with Crippen LogP contribution in [0.15, 0.2) is 41.0 Å². The fourth-order valence-electron chi connectivity index (χ4n) is 3.35. The first-order valence-corrected chi connectivity index (χ1v) is 12.1. The van der Waals surface area contributed by atoms with Crippen LogP contribution in [0.2, 0.25) is 0 Å². The van der Waals surface area contributed by atoms with Gasteiger partial charge in [-0.25, -0.2) is 13.4 Å². The zero-order valence-corrected chi connectivity index (χ0v) is 20.2. The molecule has 188 valence electrons. The van der Waals surface area contributed by atoms with E-state index in [4.69, 9.17) is 0 Å². The summed E-state index contributed by atoms with van der Waals surface area (Å²) in [6.07, 6.45) is -1.34. The fourth-order valence-corrected chi connectivity index (χ4v) is 3.87. The Bertz CT molecular complexity index is 1310. The van der Waals surface area contributed by atoms with Crippen LogP contribution in [0.3, 0.4) is 0 Å². The highest BCUT2D eigenvalue weighted by atomic mass is 32.2. The number of sulfonamides is 1. The molecule has 0 unspecified atom stereocenters. The number of amidine groups is 1. The van der Waals surface area contributed by atoms with Crippen LogP contribution in [-0.4, -0.2) is 61.3 Å². The smallest absolute Gasteiger partial charge is 0.365 e. The van der Waals surface area contributed by atoms with Crippen LogP contribution in [-0.2, 0) is 27.4 Å². The number of rotatable bonds is 7. The largest absolute Gasteiger partial charge is 0.421 e. The van der Waals surface area contributed by atoms with E-state index in [-0.39, 0.29) is 30.7 Å².